The van der Waals surface area contributed by atoms with Crippen molar-refractivity contribution in [2.24, 2.45) is 0 Å². The number of aromatic nitrogens is 4. The van der Waals surface area contributed by atoms with E-state index in [0.717, 1.165) is 60.7 Å². The van der Waals surface area contributed by atoms with E-state index in [1.807, 2.05) is 59.7 Å². The quantitative estimate of drug-likeness (QED) is 0.457. The third kappa shape index (κ3) is 4.82. The molecule has 8 heteroatoms. The van der Waals surface area contributed by atoms with Crippen LogP contribution < -0.4 is 10.2 Å². The van der Waals surface area contributed by atoms with Crippen molar-refractivity contribution in [3.05, 3.63) is 72.3 Å². The van der Waals surface area contributed by atoms with Gasteiger partial charge in [-0.05, 0) is 61.2 Å². The van der Waals surface area contributed by atoms with E-state index in [-0.39, 0.29) is 5.91 Å². The predicted octanol–water partition coefficient (Wildman–Crippen LogP) is 4.16. The van der Waals surface area contributed by atoms with E-state index in [0.29, 0.717) is 11.6 Å². The first-order valence-electron chi connectivity index (χ1n) is 12.1. The number of hydrogen-bond acceptors (Lipinski definition) is 6. The van der Waals surface area contributed by atoms with Gasteiger partial charge in [-0.1, -0.05) is 6.92 Å². The highest BCUT2D eigenvalue weighted by Crippen LogP contribution is 2.23. The molecule has 0 unspecified atom stereocenters. The van der Waals surface area contributed by atoms with Gasteiger partial charge in [0, 0.05) is 62.8 Å². The molecule has 0 spiro atoms. The van der Waals surface area contributed by atoms with Gasteiger partial charge >= 0.3 is 0 Å². The minimum absolute atomic E-state index is 0.000890. The predicted molar refractivity (Wildman–Crippen MR) is 139 cm³/mol. The van der Waals surface area contributed by atoms with Gasteiger partial charge in [0.2, 0.25) is 5.95 Å². The average Bonchev–Trinajstić information content (AvgIpc) is 3.32. The summed E-state index contributed by atoms with van der Waals surface area (Å²) in [6, 6.07) is 12.3. The summed E-state index contributed by atoms with van der Waals surface area (Å²) in [5.74, 6) is 1.67. The average molecular weight is 470 g/mol. The van der Waals surface area contributed by atoms with Crippen molar-refractivity contribution in [2.75, 3.05) is 37.4 Å². The largest absolute Gasteiger partial charge is 0.381 e. The molecule has 3 aromatic heterocycles. The number of carbonyl (C=O) groups excluding carboxylic acids is 1. The molecule has 1 saturated heterocycles. The number of hydrogen-bond donors (Lipinski definition) is 1. The minimum atomic E-state index is 0.000890. The fourth-order valence-corrected chi connectivity index (χ4v) is 4.50. The summed E-state index contributed by atoms with van der Waals surface area (Å²) in [7, 11) is 3.53. The number of nitrogens with zero attached hydrogens (tertiary/aromatic N) is 6. The first-order valence-corrected chi connectivity index (χ1v) is 12.1. The van der Waals surface area contributed by atoms with Crippen molar-refractivity contribution in [2.45, 2.75) is 32.2 Å². The van der Waals surface area contributed by atoms with Crippen molar-refractivity contribution in [3.8, 4) is 5.82 Å². The third-order valence-electron chi connectivity index (χ3n) is 6.59. The standard InChI is InChI=1S/C27H31N7O/c1-4-19-16-29-27(30-17-19)33-12-10-22(11-13-33)31-23-6-8-25(28-18-23)34-14-9-20-15-21(5-7-24(20)34)26(35)32(2)3/h5-9,14-18,22,31H,4,10-13H2,1-3H3. The van der Waals surface area contributed by atoms with Crippen LogP contribution in [0.2, 0.25) is 0 Å². The maximum Gasteiger partial charge on any atom is 0.253 e. The van der Waals surface area contributed by atoms with Crippen LogP contribution in [0.1, 0.15) is 35.7 Å². The number of rotatable bonds is 6. The molecule has 1 N–H and O–H groups in total. The molecule has 0 bridgehead atoms. The lowest BCUT2D eigenvalue weighted by atomic mass is 10.1. The number of pyridine rings is 1. The van der Waals surface area contributed by atoms with E-state index in [1.54, 1.807) is 19.0 Å². The highest BCUT2D eigenvalue weighted by Gasteiger charge is 2.21. The van der Waals surface area contributed by atoms with Gasteiger partial charge in [-0.3, -0.25) is 4.79 Å². The zero-order valence-corrected chi connectivity index (χ0v) is 20.5. The second-order valence-electron chi connectivity index (χ2n) is 9.21. The van der Waals surface area contributed by atoms with Crippen LogP contribution in [0.15, 0.2) is 61.2 Å². The Morgan fingerprint density at radius 1 is 1.03 bits per heavy atom. The molecule has 1 amide bonds. The van der Waals surface area contributed by atoms with Crippen LogP contribution in [0.4, 0.5) is 11.6 Å². The molecule has 5 rings (SSSR count). The summed E-state index contributed by atoms with van der Waals surface area (Å²) in [5.41, 5.74) is 3.89. The molecular weight excluding hydrogens is 438 g/mol. The van der Waals surface area contributed by atoms with Gasteiger partial charge in [-0.2, -0.15) is 0 Å². The van der Waals surface area contributed by atoms with Crippen LogP contribution in [0, 0.1) is 0 Å². The van der Waals surface area contributed by atoms with Crippen LogP contribution in [-0.2, 0) is 6.42 Å². The molecule has 1 aliphatic rings. The number of amides is 1. The molecule has 35 heavy (non-hydrogen) atoms. The number of nitrogens with one attached hydrogen (secondary N) is 1. The summed E-state index contributed by atoms with van der Waals surface area (Å²) in [6.45, 7) is 3.98. The second kappa shape index (κ2) is 9.74. The van der Waals surface area contributed by atoms with Crippen molar-refractivity contribution in [1.82, 2.24) is 24.4 Å². The number of benzene rings is 1. The Labute approximate surface area is 205 Å². The number of fused-ring (bicyclic) bond motifs is 1. The molecule has 0 saturated carbocycles. The topological polar surface area (TPSA) is 79.2 Å². The summed E-state index contributed by atoms with van der Waals surface area (Å²) in [6.07, 6.45) is 10.7. The highest BCUT2D eigenvalue weighted by atomic mass is 16.2. The van der Waals surface area contributed by atoms with E-state index >= 15 is 0 Å². The van der Waals surface area contributed by atoms with Gasteiger partial charge in [0.15, 0.2) is 0 Å². The van der Waals surface area contributed by atoms with E-state index < -0.39 is 0 Å². The van der Waals surface area contributed by atoms with E-state index in [4.69, 9.17) is 4.98 Å². The van der Waals surface area contributed by atoms with E-state index in [1.165, 1.54) is 5.56 Å². The Morgan fingerprint density at radius 2 is 1.80 bits per heavy atom. The molecule has 4 heterocycles. The molecule has 0 radical (unpaired) electrons. The van der Waals surface area contributed by atoms with Gasteiger partial charge < -0.3 is 19.7 Å². The smallest absolute Gasteiger partial charge is 0.253 e. The molecule has 4 aromatic rings. The molecule has 180 valence electrons. The molecule has 0 aliphatic carbocycles. The fourth-order valence-electron chi connectivity index (χ4n) is 4.50. The summed E-state index contributed by atoms with van der Waals surface area (Å²) < 4.78 is 2.05. The van der Waals surface area contributed by atoms with Gasteiger partial charge in [0.1, 0.15) is 5.82 Å². The molecule has 0 atom stereocenters. The van der Waals surface area contributed by atoms with Gasteiger partial charge in [0.25, 0.3) is 5.91 Å². The molecule has 8 nitrogen and oxygen atoms in total. The second-order valence-corrected chi connectivity index (χ2v) is 9.21. The Hall–Kier alpha value is -3.94. The highest BCUT2D eigenvalue weighted by molar-refractivity contribution is 5.98. The molecule has 1 aliphatic heterocycles. The van der Waals surface area contributed by atoms with Crippen molar-refractivity contribution >= 4 is 28.4 Å². The van der Waals surface area contributed by atoms with Gasteiger partial charge in [0.05, 0.1) is 17.4 Å². The Balaban J connectivity index is 1.22. The van der Waals surface area contributed by atoms with Crippen LogP contribution in [0.3, 0.4) is 0 Å². The summed E-state index contributed by atoms with van der Waals surface area (Å²) in [4.78, 5) is 29.9. The van der Waals surface area contributed by atoms with Crippen LogP contribution in [0.25, 0.3) is 16.7 Å². The third-order valence-corrected chi connectivity index (χ3v) is 6.59. The number of piperidine rings is 1. The van der Waals surface area contributed by atoms with Crippen molar-refractivity contribution in [3.63, 3.8) is 0 Å². The SMILES string of the molecule is CCc1cnc(N2CCC(Nc3ccc(-n4ccc5cc(C(=O)N(C)C)ccc54)nc3)CC2)nc1. The van der Waals surface area contributed by atoms with Crippen molar-refractivity contribution < 1.29 is 4.79 Å². The maximum atomic E-state index is 12.3. The normalized spacial score (nSPS) is 14.3. The Bertz CT molecular complexity index is 1300. The molecule has 1 fully saturated rings. The Morgan fingerprint density at radius 3 is 2.46 bits per heavy atom. The van der Waals surface area contributed by atoms with Gasteiger partial charge in [-0.15, -0.1) is 0 Å². The van der Waals surface area contributed by atoms with Crippen LogP contribution in [0.5, 0.6) is 0 Å². The van der Waals surface area contributed by atoms with Crippen LogP contribution in [-0.4, -0.2) is 63.6 Å². The summed E-state index contributed by atoms with van der Waals surface area (Å²) >= 11 is 0. The van der Waals surface area contributed by atoms with E-state index in [9.17, 15) is 4.79 Å². The Kier molecular flexibility index (Phi) is 6.35. The fraction of sp³-hybridized carbons (Fsp3) is 0.333. The van der Waals surface area contributed by atoms with E-state index in [2.05, 4.69) is 33.2 Å². The van der Waals surface area contributed by atoms with Crippen LogP contribution >= 0.6 is 0 Å². The van der Waals surface area contributed by atoms with Gasteiger partial charge in [-0.25, -0.2) is 15.0 Å². The molecular formula is C27H31N7O. The number of carbonyl (C=O) groups is 1. The lowest BCUT2D eigenvalue weighted by Crippen LogP contribution is -2.40. The zero-order chi connectivity index (χ0) is 24.4. The first kappa shape index (κ1) is 22.8. The lowest BCUT2D eigenvalue weighted by molar-refractivity contribution is 0.0828. The summed E-state index contributed by atoms with van der Waals surface area (Å²) in [5, 5.41) is 4.65. The lowest BCUT2D eigenvalue weighted by Gasteiger charge is -2.32. The zero-order valence-electron chi connectivity index (χ0n) is 20.5. The number of anilines is 2. The van der Waals surface area contributed by atoms with Crippen molar-refractivity contribution in [1.29, 1.82) is 0 Å². The monoisotopic (exact) mass is 469 g/mol. The first-order chi connectivity index (χ1) is 17.0. The number of aryl methyl sites for hydroxylation is 1. The maximum absolute atomic E-state index is 12.3. The minimum Gasteiger partial charge on any atom is -0.381 e. The molecule has 1 aromatic carbocycles.